The topological polar surface area (TPSA) is 21.8 Å². The molecule has 0 bridgehead atoms. The van der Waals surface area contributed by atoms with E-state index in [0.29, 0.717) is 0 Å². The summed E-state index contributed by atoms with van der Waals surface area (Å²) in [4.78, 5) is 0. The molecule has 0 radical (unpaired) electrons. The molecular weight excluding hydrogens is 434 g/mol. The van der Waals surface area contributed by atoms with Gasteiger partial charge in [0.15, 0.2) is 0 Å². The Morgan fingerprint density at radius 2 is 0.857 bits per heavy atom. The molecule has 1 N–H and O–H groups in total. The Bertz CT molecular complexity index is 156. The fraction of sp³-hybridized carbons (Fsp3) is 1.00. The Kier molecular flexibility index (Phi) is 65.2. The van der Waals surface area contributed by atoms with Crippen molar-refractivity contribution < 1.29 is 29.1 Å². The summed E-state index contributed by atoms with van der Waals surface area (Å²) < 4.78 is 6.92. The molecule has 0 unspecified atom stereocenters. The summed E-state index contributed by atoms with van der Waals surface area (Å²) in [6.45, 7) is -1.72. The second-order valence-electron chi connectivity index (χ2n) is 3.98. The smallest absolute Gasteiger partial charge is 1.00 e. The normalized spacial score (nSPS) is 8.57. The van der Waals surface area contributed by atoms with Gasteiger partial charge in [0, 0.05) is 1.43 Å². The van der Waals surface area contributed by atoms with Gasteiger partial charge in [0.1, 0.15) is 0 Å². The van der Waals surface area contributed by atoms with Gasteiger partial charge in [0.25, 0.3) is 9.28 Å². The van der Waals surface area contributed by atoms with Crippen molar-refractivity contribution in [2.24, 2.45) is 0 Å². The zero-order valence-corrected chi connectivity index (χ0v) is 23.2. The summed E-state index contributed by atoms with van der Waals surface area (Å²) >= 11 is 14.8. The Morgan fingerprint density at radius 3 is 0.857 bits per heavy atom. The molecule has 0 atom stereocenters. The number of rotatable bonds is 3. The second kappa shape index (κ2) is 31.1. The molecule has 0 spiro atoms. The van der Waals surface area contributed by atoms with Crippen LogP contribution < -0.4 is 30.1 Å². The van der Waals surface area contributed by atoms with Gasteiger partial charge in [-0.25, -0.2) is 0 Å². The minimum Gasteiger partial charge on any atom is -1.00 e. The van der Waals surface area contributed by atoms with Gasteiger partial charge >= 0.3 is 52.8 Å². The van der Waals surface area contributed by atoms with Gasteiger partial charge < -0.3 is 46.7 Å². The van der Waals surface area contributed by atoms with Crippen molar-refractivity contribution in [3.8, 4) is 0 Å². The first kappa shape index (κ1) is 44.1. The third kappa shape index (κ3) is 45.1. The van der Waals surface area contributed by atoms with Gasteiger partial charge in [0.2, 0.25) is 0 Å². The molecule has 0 aromatic carbocycles. The van der Waals surface area contributed by atoms with Crippen molar-refractivity contribution in [2.45, 2.75) is 0 Å². The van der Waals surface area contributed by atoms with Crippen LogP contribution in [0.3, 0.4) is 0 Å². The van der Waals surface area contributed by atoms with E-state index in [1.165, 1.54) is 0 Å². The predicted octanol–water partition coefficient (Wildman–Crippen LogP) is -5.64. The van der Waals surface area contributed by atoms with Gasteiger partial charge in [0.05, 0.1) is 0 Å². The van der Waals surface area contributed by atoms with Crippen LogP contribution in [0.25, 0.3) is 0 Å². The minimum absolute atomic E-state index is 0. The van der Waals surface area contributed by atoms with Gasteiger partial charge in [-0.15, -0.1) is 33.2 Å². The molecule has 0 heterocycles. The van der Waals surface area contributed by atoms with Crippen LogP contribution in [-0.4, -0.2) is 132 Å². The van der Waals surface area contributed by atoms with Crippen LogP contribution in [0.4, 0.5) is 0 Å². The molecule has 0 aliphatic carbocycles. The number of hydrogen-bond donors (Lipinski definition) is 1. The van der Waals surface area contributed by atoms with Crippen molar-refractivity contribution >= 4 is 95.4 Å². The third-order valence-electron chi connectivity index (χ3n) is 1.39. The average Bonchev–Trinajstić information content (AvgIpc) is 2.00. The monoisotopic (exact) mass is 462 g/mol. The third-order valence-corrected chi connectivity index (χ3v) is 4.16. The summed E-state index contributed by atoms with van der Waals surface area (Å²) in [5, 5.41) is 2.75. The van der Waals surface area contributed by atoms with Gasteiger partial charge in [-0.05, 0) is 56.4 Å². The molecule has 0 aromatic heterocycles. The van der Waals surface area contributed by atoms with Crippen LogP contribution in [-0.2, 0) is 0 Å². The molecule has 0 aliphatic rings. The van der Waals surface area contributed by atoms with Gasteiger partial charge in [-0.1, -0.05) is 0 Å². The molecule has 0 aromatic rings. The van der Waals surface area contributed by atoms with Crippen molar-refractivity contribution in [1.29, 1.82) is 0 Å². The molecule has 0 amide bonds. The zero-order chi connectivity index (χ0) is 14.6. The predicted molar refractivity (Wildman–Crippen MR) is 104 cm³/mol. The van der Waals surface area contributed by atoms with E-state index in [0.717, 1.165) is 0 Å². The maximum Gasteiger partial charge on any atom is 2.00 e. The number of halogens is 5. The summed E-state index contributed by atoms with van der Waals surface area (Å²) in [7, 11) is 15.6. The molecule has 4 nitrogen and oxygen atoms in total. The van der Waals surface area contributed by atoms with E-state index in [9.17, 15) is 0 Å². The van der Waals surface area contributed by atoms with E-state index < -0.39 is 16.0 Å². The van der Waals surface area contributed by atoms with Crippen LogP contribution in [0.1, 0.15) is 4.28 Å². The molecule has 130 valence electrons. The summed E-state index contributed by atoms with van der Waals surface area (Å²) in [6.07, 6.45) is 0. The summed E-state index contributed by atoms with van der Waals surface area (Å²) in [5.74, 6) is 0. The van der Waals surface area contributed by atoms with Crippen LogP contribution in [0.15, 0.2) is 0 Å². The largest absolute Gasteiger partial charge is 2.00 e. The SMILES string of the molecule is CN(C)[SiH](N(C)C)N(C)C.CNC.Cl[SiH](Cl)Cl.[Cl-].[Cl-].[H-].[H-].[HH].[Mg+2].[Mg+2]. The molecule has 0 saturated heterocycles. The molecule has 0 rings (SSSR count). The molecule has 0 fully saturated rings. The van der Waals surface area contributed by atoms with Crippen LogP contribution in [0, 0.1) is 0 Å². The molecule has 0 saturated carbocycles. The van der Waals surface area contributed by atoms with E-state index in [-0.39, 0.29) is 75.2 Å². The van der Waals surface area contributed by atoms with Crippen molar-refractivity contribution in [1.82, 2.24) is 19.0 Å². The molecule has 21 heavy (non-hydrogen) atoms. The van der Waals surface area contributed by atoms with Crippen LogP contribution >= 0.6 is 33.2 Å². The first-order valence-corrected chi connectivity index (χ1v) is 11.9. The Labute approximate surface area is 198 Å². The van der Waals surface area contributed by atoms with Crippen molar-refractivity contribution in [3.63, 3.8) is 0 Å². The van der Waals surface area contributed by atoms with E-state index in [2.05, 4.69) is 61.3 Å². The number of nitrogens with one attached hydrogen (secondary N) is 1. The van der Waals surface area contributed by atoms with E-state index in [4.69, 9.17) is 33.2 Å². The zero-order valence-electron chi connectivity index (χ0n) is 16.3. The minimum atomic E-state index is -1.72. The van der Waals surface area contributed by atoms with Gasteiger partial charge in [-0.2, -0.15) is 0 Å². The quantitative estimate of drug-likeness (QED) is 0.332. The van der Waals surface area contributed by atoms with Crippen molar-refractivity contribution in [2.75, 3.05) is 56.4 Å². The summed E-state index contributed by atoms with van der Waals surface area (Å²) in [6, 6.07) is 0. The fourth-order valence-electron chi connectivity index (χ4n) is 1.39. The van der Waals surface area contributed by atoms with E-state index in [1.807, 2.05) is 14.1 Å². The van der Waals surface area contributed by atoms with E-state index in [1.54, 1.807) is 0 Å². The van der Waals surface area contributed by atoms with E-state index >= 15 is 0 Å². The first-order valence-electron chi connectivity index (χ1n) is 5.11. The Balaban J connectivity index is -0.0000000155. The fourth-order valence-corrected chi connectivity index (χ4v) is 4.16. The maximum absolute atomic E-state index is 4.94. The molecule has 13 heteroatoms. The molecular formula is C8H31Cl5Mg2N4Si2. The Hall–Kier alpha value is 3.26. The van der Waals surface area contributed by atoms with Gasteiger partial charge in [-0.3, -0.25) is 0 Å². The molecule has 0 aliphatic heterocycles. The van der Waals surface area contributed by atoms with Crippen LogP contribution in [0.2, 0.25) is 0 Å². The standard InChI is InChI=1S/C6H19N3Si.C2H7N.Cl3HSi.2ClH.2Mg.H2.2H/c1-7(2)10(8(3)4)9(5)6;1-3-2;1-4(2)3;;;;;;;/h10H,1-6H3;3H,1-2H3;4H;2*1H;;;1H;;/q;;;;;2*+2;;2*-1/p-2. The first-order chi connectivity index (χ1) is 7.61. The summed E-state index contributed by atoms with van der Waals surface area (Å²) in [5.41, 5.74) is 0. The number of nitrogens with zero attached hydrogens (tertiary/aromatic N) is 3. The van der Waals surface area contributed by atoms with Crippen molar-refractivity contribution in [3.05, 3.63) is 0 Å². The number of hydrogen-bond acceptors (Lipinski definition) is 4. The second-order valence-corrected chi connectivity index (χ2v) is 14.2. The average molecular weight is 465 g/mol. The maximum atomic E-state index is 4.94. The Morgan fingerprint density at radius 1 is 0.762 bits per heavy atom. The van der Waals surface area contributed by atoms with Crippen LogP contribution in [0.5, 0.6) is 0 Å².